The maximum absolute atomic E-state index is 12.2. The molecule has 0 saturated carbocycles. The van der Waals surface area contributed by atoms with Crippen LogP contribution in [0.4, 0.5) is 5.82 Å². The van der Waals surface area contributed by atoms with Gasteiger partial charge in [0.2, 0.25) is 5.65 Å². The molecule has 1 atom stereocenters. The van der Waals surface area contributed by atoms with E-state index in [2.05, 4.69) is 25.5 Å². The van der Waals surface area contributed by atoms with Crippen molar-refractivity contribution in [1.82, 2.24) is 29.9 Å². The fourth-order valence-electron chi connectivity index (χ4n) is 2.89. The van der Waals surface area contributed by atoms with E-state index in [1.807, 2.05) is 4.90 Å². The van der Waals surface area contributed by atoms with Gasteiger partial charge in [-0.2, -0.15) is 0 Å². The first-order valence-corrected chi connectivity index (χ1v) is 7.60. The highest BCUT2D eigenvalue weighted by Crippen LogP contribution is 2.21. The Morgan fingerprint density at radius 2 is 2.29 bits per heavy atom. The molecule has 9 nitrogen and oxygen atoms in total. The largest absolute Gasteiger partial charge is 0.351 e. The maximum atomic E-state index is 12.2. The van der Waals surface area contributed by atoms with Crippen LogP contribution in [0.3, 0.4) is 0 Å². The lowest BCUT2D eigenvalue weighted by Gasteiger charge is -2.18. The Hall–Kier alpha value is -3.23. The molecular formula is C15H15N7O2. The van der Waals surface area contributed by atoms with E-state index < -0.39 is 0 Å². The minimum Gasteiger partial charge on any atom is -0.351 e. The molecule has 1 unspecified atom stereocenters. The average molecular weight is 325 g/mol. The fourth-order valence-corrected chi connectivity index (χ4v) is 2.89. The Morgan fingerprint density at radius 1 is 1.38 bits per heavy atom. The van der Waals surface area contributed by atoms with E-state index in [4.69, 9.17) is 0 Å². The number of H-pyrrole nitrogens is 1. The minimum atomic E-state index is -0.297. The number of pyridine rings is 1. The van der Waals surface area contributed by atoms with Gasteiger partial charge in [0, 0.05) is 43.9 Å². The molecule has 122 valence electrons. The number of nitrogens with one attached hydrogen (secondary N) is 2. The van der Waals surface area contributed by atoms with E-state index in [9.17, 15) is 9.59 Å². The normalized spacial score (nSPS) is 17.3. The summed E-state index contributed by atoms with van der Waals surface area (Å²) in [6, 6.07) is 3.47. The number of aromatic nitrogens is 5. The lowest BCUT2D eigenvalue weighted by molar-refractivity contribution is 0.0940. The molecule has 0 radical (unpaired) electrons. The summed E-state index contributed by atoms with van der Waals surface area (Å²) in [7, 11) is 0. The van der Waals surface area contributed by atoms with Gasteiger partial charge < -0.3 is 10.2 Å². The number of hydrogen-bond donors (Lipinski definition) is 2. The topological polar surface area (TPSA) is 108 Å². The highest BCUT2D eigenvalue weighted by Gasteiger charge is 2.27. The second-order valence-corrected chi connectivity index (χ2v) is 5.62. The Balaban J connectivity index is 1.50. The van der Waals surface area contributed by atoms with Crippen molar-refractivity contribution >= 4 is 17.4 Å². The maximum Gasteiger partial charge on any atom is 0.347 e. The van der Waals surface area contributed by atoms with E-state index in [0.717, 1.165) is 13.0 Å². The number of amides is 1. The van der Waals surface area contributed by atoms with Crippen molar-refractivity contribution in [3.05, 3.63) is 53.0 Å². The highest BCUT2D eigenvalue weighted by atomic mass is 16.2. The summed E-state index contributed by atoms with van der Waals surface area (Å²) in [5.74, 6) is 0.492. The molecule has 1 amide bonds. The molecule has 24 heavy (non-hydrogen) atoms. The number of carbonyl (C=O) groups is 1. The van der Waals surface area contributed by atoms with Gasteiger partial charge >= 0.3 is 5.69 Å². The van der Waals surface area contributed by atoms with Crippen LogP contribution in [0.2, 0.25) is 0 Å². The molecule has 0 bridgehead atoms. The zero-order valence-corrected chi connectivity index (χ0v) is 12.7. The van der Waals surface area contributed by atoms with E-state index >= 15 is 0 Å². The zero-order valence-electron chi connectivity index (χ0n) is 12.7. The van der Waals surface area contributed by atoms with Crippen LogP contribution < -0.4 is 15.9 Å². The molecule has 1 fully saturated rings. The van der Waals surface area contributed by atoms with Crippen molar-refractivity contribution in [2.24, 2.45) is 0 Å². The standard InChI is InChI=1S/C15H15N7O2/c23-14(10-2-1-4-16-8-10)18-11-3-6-21(9-11)12-13-19-20-15(24)22(13)7-5-17-12/h1-2,4-5,7-8,11H,3,6,9H2,(H,18,23)(H,20,24). The molecule has 2 N–H and O–H groups in total. The van der Waals surface area contributed by atoms with Crippen molar-refractivity contribution in [1.29, 1.82) is 0 Å². The van der Waals surface area contributed by atoms with Crippen LogP contribution in [0.15, 0.2) is 41.7 Å². The monoisotopic (exact) mass is 325 g/mol. The fraction of sp³-hybridized carbons (Fsp3) is 0.267. The predicted octanol–water partition coefficient (Wildman–Crippen LogP) is -0.179. The molecule has 1 saturated heterocycles. The van der Waals surface area contributed by atoms with Crippen LogP contribution in [0, 0.1) is 0 Å². The second kappa shape index (κ2) is 5.76. The lowest BCUT2D eigenvalue weighted by Crippen LogP contribution is -2.37. The summed E-state index contributed by atoms with van der Waals surface area (Å²) in [4.78, 5) is 34.2. The lowest BCUT2D eigenvalue weighted by atomic mass is 10.2. The highest BCUT2D eigenvalue weighted by molar-refractivity contribution is 5.94. The van der Waals surface area contributed by atoms with Crippen LogP contribution in [0.1, 0.15) is 16.8 Å². The number of hydrogen-bond acceptors (Lipinski definition) is 6. The third-order valence-corrected chi connectivity index (χ3v) is 4.06. The molecule has 0 aromatic carbocycles. The van der Waals surface area contributed by atoms with Crippen molar-refractivity contribution < 1.29 is 4.79 Å². The third-order valence-electron chi connectivity index (χ3n) is 4.06. The molecular weight excluding hydrogens is 310 g/mol. The van der Waals surface area contributed by atoms with Crippen LogP contribution in [-0.4, -0.2) is 49.6 Å². The Bertz CT molecular complexity index is 934. The van der Waals surface area contributed by atoms with Crippen molar-refractivity contribution in [2.45, 2.75) is 12.5 Å². The summed E-state index contributed by atoms with van der Waals surface area (Å²) < 4.78 is 1.42. The number of fused-ring (bicyclic) bond motifs is 1. The van der Waals surface area contributed by atoms with Gasteiger partial charge in [-0.25, -0.2) is 19.3 Å². The van der Waals surface area contributed by atoms with Crippen LogP contribution in [0.5, 0.6) is 0 Å². The van der Waals surface area contributed by atoms with Gasteiger partial charge in [0.05, 0.1) is 5.56 Å². The summed E-state index contributed by atoms with van der Waals surface area (Å²) in [6.07, 6.45) is 7.11. The number of anilines is 1. The average Bonchev–Trinajstić information content (AvgIpc) is 3.23. The van der Waals surface area contributed by atoms with Gasteiger partial charge in [0.25, 0.3) is 5.91 Å². The Labute approximate surface area is 136 Å². The third kappa shape index (κ3) is 2.49. The van der Waals surface area contributed by atoms with Crippen molar-refractivity contribution in [3.8, 4) is 0 Å². The molecule has 9 heteroatoms. The number of aromatic amines is 1. The van der Waals surface area contributed by atoms with Gasteiger partial charge in [-0.05, 0) is 18.6 Å². The molecule has 3 aromatic rings. The number of nitrogens with zero attached hydrogens (tertiary/aromatic N) is 5. The molecule has 1 aliphatic rings. The SMILES string of the molecule is O=C(NC1CCN(c2nccn3c(=O)[nH]nc23)C1)c1cccnc1. The van der Waals surface area contributed by atoms with Gasteiger partial charge in [-0.15, -0.1) is 5.10 Å². The first-order chi connectivity index (χ1) is 11.7. The summed E-state index contributed by atoms with van der Waals surface area (Å²) in [5, 5.41) is 9.44. The second-order valence-electron chi connectivity index (χ2n) is 5.62. The molecule has 4 heterocycles. The summed E-state index contributed by atoms with van der Waals surface area (Å²) in [5.41, 5.74) is 0.728. The van der Waals surface area contributed by atoms with E-state index in [1.54, 1.807) is 36.9 Å². The number of rotatable bonds is 3. The van der Waals surface area contributed by atoms with Crippen LogP contribution >= 0.6 is 0 Å². The van der Waals surface area contributed by atoms with Crippen LogP contribution in [-0.2, 0) is 0 Å². The van der Waals surface area contributed by atoms with Crippen molar-refractivity contribution in [3.63, 3.8) is 0 Å². The van der Waals surface area contributed by atoms with Crippen molar-refractivity contribution in [2.75, 3.05) is 18.0 Å². The molecule has 1 aliphatic heterocycles. The van der Waals surface area contributed by atoms with Gasteiger partial charge in [-0.3, -0.25) is 9.78 Å². The summed E-state index contributed by atoms with van der Waals surface area (Å²) >= 11 is 0. The first kappa shape index (κ1) is 14.4. The zero-order chi connectivity index (χ0) is 16.5. The van der Waals surface area contributed by atoms with Gasteiger partial charge in [0.1, 0.15) is 0 Å². The Morgan fingerprint density at radius 3 is 3.12 bits per heavy atom. The van der Waals surface area contributed by atoms with Crippen LogP contribution in [0.25, 0.3) is 5.65 Å². The van der Waals surface area contributed by atoms with E-state index in [0.29, 0.717) is 23.6 Å². The summed E-state index contributed by atoms with van der Waals surface area (Å²) in [6.45, 7) is 1.34. The first-order valence-electron chi connectivity index (χ1n) is 7.60. The predicted molar refractivity (Wildman–Crippen MR) is 85.9 cm³/mol. The quantitative estimate of drug-likeness (QED) is 0.692. The number of carbonyl (C=O) groups excluding carboxylic acids is 1. The smallest absolute Gasteiger partial charge is 0.347 e. The molecule has 4 rings (SSSR count). The van der Waals surface area contributed by atoms with E-state index in [1.165, 1.54) is 4.40 Å². The van der Waals surface area contributed by atoms with Gasteiger partial charge in [-0.1, -0.05) is 0 Å². The van der Waals surface area contributed by atoms with Gasteiger partial charge in [0.15, 0.2) is 5.82 Å². The molecule has 3 aromatic heterocycles. The molecule has 0 aliphatic carbocycles. The minimum absolute atomic E-state index is 0.00502. The van der Waals surface area contributed by atoms with E-state index in [-0.39, 0.29) is 17.6 Å². The Kier molecular flexibility index (Phi) is 3.45. The molecule has 0 spiro atoms.